The van der Waals surface area contributed by atoms with Gasteiger partial charge in [-0.2, -0.15) is 0 Å². The SMILES string of the molecule is O=C1CN(c2sc(C(=O)O)cc2[N+](=O)[O-])CCN1. The van der Waals surface area contributed by atoms with Crippen molar-refractivity contribution < 1.29 is 19.6 Å². The van der Waals surface area contributed by atoms with Crippen LogP contribution in [0, 0.1) is 10.1 Å². The Balaban J connectivity index is 2.38. The highest BCUT2D eigenvalue weighted by molar-refractivity contribution is 7.18. The molecule has 2 heterocycles. The van der Waals surface area contributed by atoms with E-state index < -0.39 is 10.9 Å². The van der Waals surface area contributed by atoms with Gasteiger partial charge in [-0.15, -0.1) is 11.3 Å². The van der Waals surface area contributed by atoms with Gasteiger partial charge < -0.3 is 15.3 Å². The molecule has 1 saturated heterocycles. The number of nitrogens with zero attached hydrogens (tertiary/aromatic N) is 2. The van der Waals surface area contributed by atoms with Crippen LogP contribution in [0.1, 0.15) is 9.67 Å². The number of amides is 1. The Morgan fingerprint density at radius 2 is 2.33 bits per heavy atom. The number of carboxylic acids is 1. The lowest BCUT2D eigenvalue weighted by atomic mass is 10.3. The molecular formula is C9H9N3O5S. The number of carbonyl (C=O) groups is 2. The van der Waals surface area contributed by atoms with E-state index >= 15 is 0 Å². The van der Waals surface area contributed by atoms with Crippen molar-refractivity contribution in [3.63, 3.8) is 0 Å². The first-order valence-electron chi connectivity index (χ1n) is 5.02. The van der Waals surface area contributed by atoms with Crippen LogP contribution in [0.3, 0.4) is 0 Å². The zero-order chi connectivity index (χ0) is 13.3. The highest BCUT2D eigenvalue weighted by atomic mass is 32.1. The minimum atomic E-state index is -1.21. The molecule has 2 N–H and O–H groups in total. The molecule has 0 aliphatic carbocycles. The lowest BCUT2D eigenvalue weighted by Crippen LogP contribution is -2.47. The summed E-state index contributed by atoms with van der Waals surface area (Å²) in [4.78, 5) is 33.7. The van der Waals surface area contributed by atoms with Crippen molar-refractivity contribution in [2.45, 2.75) is 0 Å². The maximum atomic E-state index is 11.2. The van der Waals surface area contributed by atoms with Gasteiger partial charge in [0.1, 0.15) is 4.88 Å². The maximum absolute atomic E-state index is 11.2. The van der Waals surface area contributed by atoms with E-state index in [4.69, 9.17) is 5.11 Å². The van der Waals surface area contributed by atoms with Gasteiger partial charge in [0, 0.05) is 19.2 Å². The number of hydrogen-bond acceptors (Lipinski definition) is 6. The number of piperazine rings is 1. The van der Waals surface area contributed by atoms with Gasteiger partial charge in [-0.1, -0.05) is 0 Å². The fourth-order valence-corrected chi connectivity index (χ4v) is 2.64. The van der Waals surface area contributed by atoms with Gasteiger partial charge in [0.15, 0.2) is 5.00 Å². The molecule has 1 aliphatic rings. The molecule has 9 heteroatoms. The first-order valence-corrected chi connectivity index (χ1v) is 5.84. The zero-order valence-electron chi connectivity index (χ0n) is 9.08. The molecule has 0 aromatic carbocycles. The van der Waals surface area contributed by atoms with E-state index in [2.05, 4.69) is 5.32 Å². The van der Waals surface area contributed by atoms with Crippen molar-refractivity contribution in [2.24, 2.45) is 0 Å². The van der Waals surface area contributed by atoms with Crippen LogP contribution in [0.5, 0.6) is 0 Å². The second kappa shape index (κ2) is 4.61. The summed E-state index contributed by atoms with van der Waals surface area (Å²) >= 11 is 0.809. The largest absolute Gasteiger partial charge is 0.477 e. The summed E-state index contributed by atoms with van der Waals surface area (Å²) in [7, 11) is 0. The van der Waals surface area contributed by atoms with Crippen molar-refractivity contribution in [3.05, 3.63) is 21.1 Å². The standard InChI is InChI=1S/C9H9N3O5S/c13-7-4-11(2-1-10-7)8-5(12(16)17)3-6(18-8)9(14)15/h3H,1-2,4H2,(H,10,13)(H,14,15). The second-order valence-corrected chi connectivity index (χ2v) is 4.67. The number of nitro groups is 1. The molecule has 0 saturated carbocycles. The summed E-state index contributed by atoms with van der Waals surface area (Å²) in [6, 6.07) is 1.02. The van der Waals surface area contributed by atoms with Crippen molar-refractivity contribution in [2.75, 3.05) is 24.5 Å². The zero-order valence-corrected chi connectivity index (χ0v) is 9.90. The second-order valence-electron chi connectivity index (χ2n) is 3.63. The van der Waals surface area contributed by atoms with Crippen LogP contribution in [0.25, 0.3) is 0 Å². The summed E-state index contributed by atoms with van der Waals surface area (Å²) in [6.45, 7) is 0.808. The predicted octanol–water partition coefficient (Wildman–Crippen LogP) is 0.291. The third-order valence-corrected chi connectivity index (χ3v) is 3.60. The van der Waals surface area contributed by atoms with Crippen molar-refractivity contribution in [1.29, 1.82) is 0 Å². The number of hydrogen-bond donors (Lipinski definition) is 2. The molecule has 2 rings (SSSR count). The van der Waals surface area contributed by atoms with E-state index in [0.717, 1.165) is 17.4 Å². The number of carboxylic acid groups (broad SMARTS) is 1. The van der Waals surface area contributed by atoms with Gasteiger partial charge in [0.25, 0.3) is 0 Å². The first kappa shape index (κ1) is 12.3. The van der Waals surface area contributed by atoms with E-state index in [9.17, 15) is 19.7 Å². The Hall–Kier alpha value is -2.16. The van der Waals surface area contributed by atoms with Crippen LogP contribution in [-0.2, 0) is 4.79 Å². The molecule has 8 nitrogen and oxygen atoms in total. The normalized spacial score (nSPS) is 15.3. The predicted molar refractivity (Wildman–Crippen MR) is 63.2 cm³/mol. The topological polar surface area (TPSA) is 113 Å². The van der Waals surface area contributed by atoms with Crippen LogP contribution in [0.2, 0.25) is 0 Å². The van der Waals surface area contributed by atoms with Crippen LogP contribution in [0.4, 0.5) is 10.7 Å². The number of rotatable bonds is 3. The molecule has 18 heavy (non-hydrogen) atoms. The molecule has 1 aromatic rings. The molecule has 96 valence electrons. The summed E-state index contributed by atoms with van der Waals surface area (Å²) in [5.41, 5.74) is -0.271. The van der Waals surface area contributed by atoms with Crippen LogP contribution in [-0.4, -0.2) is 41.5 Å². The third kappa shape index (κ3) is 2.25. The molecule has 1 aliphatic heterocycles. The lowest BCUT2D eigenvalue weighted by Gasteiger charge is -2.26. The van der Waals surface area contributed by atoms with Gasteiger partial charge in [0.2, 0.25) is 5.91 Å². The number of carbonyl (C=O) groups excluding carboxylic acids is 1. The Bertz CT molecular complexity index is 526. The minimum Gasteiger partial charge on any atom is -0.477 e. The average Bonchev–Trinajstić information content (AvgIpc) is 2.73. The smallest absolute Gasteiger partial charge is 0.346 e. The molecule has 0 bridgehead atoms. The highest BCUT2D eigenvalue weighted by Gasteiger charge is 2.28. The molecule has 0 radical (unpaired) electrons. The minimum absolute atomic E-state index is 0.000409. The Morgan fingerprint density at radius 3 is 2.89 bits per heavy atom. The fourth-order valence-electron chi connectivity index (χ4n) is 1.65. The Kier molecular flexibility index (Phi) is 3.15. The summed E-state index contributed by atoms with van der Waals surface area (Å²) in [6.07, 6.45) is 0. The van der Waals surface area contributed by atoms with E-state index in [1.807, 2.05) is 0 Å². The van der Waals surface area contributed by atoms with Crippen molar-refractivity contribution in [3.8, 4) is 0 Å². The summed E-state index contributed by atoms with van der Waals surface area (Å²) < 4.78 is 0. The highest BCUT2D eigenvalue weighted by Crippen LogP contribution is 2.37. The first-order chi connectivity index (χ1) is 8.49. The average molecular weight is 271 g/mol. The van der Waals surface area contributed by atoms with Crippen LogP contribution in [0.15, 0.2) is 6.07 Å². The summed E-state index contributed by atoms with van der Waals surface area (Å²) in [5, 5.41) is 22.5. The molecule has 1 amide bonds. The van der Waals surface area contributed by atoms with Gasteiger partial charge in [-0.3, -0.25) is 14.9 Å². The molecule has 1 fully saturated rings. The molecular weight excluding hydrogens is 262 g/mol. The van der Waals surface area contributed by atoms with Crippen molar-refractivity contribution in [1.82, 2.24) is 5.32 Å². The fraction of sp³-hybridized carbons (Fsp3) is 0.333. The van der Waals surface area contributed by atoms with Crippen LogP contribution >= 0.6 is 11.3 Å². The molecule has 0 unspecified atom stereocenters. The summed E-state index contributed by atoms with van der Waals surface area (Å²) in [5.74, 6) is -1.45. The third-order valence-electron chi connectivity index (χ3n) is 2.43. The number of nitrogens with one attached hydrogen (secondary N) is 1. The number of thiophene rings is 1. The van der Waals surface area contributed by atoms with Crippen LogP contribution < -0.4 is 10.2 Å². The Labute approximate surface area is 105 Å². The van der Waals surface area contributed by atoms with E-state index in [0.29, 0.717) is 13.1 Å². The lowest BCUT2D eigenvalue weighted by molar-refractivity contribution is -0.383. The van der Waals surface area contributed by atoms with Crippen molar-refractivity contribution >= 4 is 33.9 Å². The van der Waals surface area contributed by atoms with Gasteiger partial charge in [0.05, 0.1) is 11.5 Å². The number of anilines is 1. The maximum Gasteiger partial charge on any atom is 0.346 e. The monoisotopic (exact) mass is 271 g/mol. The van der Waals surface area contributed by atoms with Gasteiger partial charge in [-0.05, 0) is 0 Å². The van der Waals surface area contributed by atoms with E-state index in [1.54, 1.807) is 0 Å². The van der Waals surface area contributed by atoms with Gasteiger partial charge >= 0.3 is 11.7 Å². The number of aromatic carboxylic acids is 1. The molecule has 0 spiro atoms. The Morgan fingerprint density at radius 1 is 1.61 bits per heavy atom. The quantitative estimate of drug-likeness (QED) is 0.603. The van der Waals surface area contributed by atoms with E-state index in [-0.39, 0.29) is 28.0 Å². The molecule has 1 aromatic heterocycles. The molecule has 0 atom stereocenters. The van der Waals surface area contributed by atoms with Gasteiger partial charge in [-0.25, -0.2) is 4.79 Å². The van der Waals surface area contributed by atoms with E-state index in [1.165, 1.54) is 4.90 Å².